The van der Waals surface area contributed by atoms with Crippen LogP contribution in [-0.2, 0) is 4.74 Å². The van der Waals surface area contributed by atoms with Gasteiger partial charge in [-0.05, 0) is 11.5 Å². The normalized spacial score (nSPS) is 19.9. The van der Waals surface area contributed by atoms with Gasteiger partial charge in [-0.2, -0.15) is 0 Å². The lowest BCUT2D eigenvalue weighted by Crippen LogP contribution is -2.25. The molecule has 3 heteroatoms. The van der Waals surface area contributed by atoms with Crippen LogP contribution in [0, 0.1) is 5.41 Å². The molecule has 0 amide bonds. The number of hydrogen-bond acceptors (Lipinski definition) is 3. The monoisotopic (exact) mass is 259 g/mol. The molecule has 1 aliphatic rings. The minimum atomic E-state index is 0.160. The van der Waals surface area contributed by atoms with E-state index in [1.54, 1.807) is 11.3 Å². The lowest BCUT2D eigenvalue weighted by atomic mass is 9.88. The van der Waals surface area contributed by atoms with Gasteiger partial charge in [-0.15, -0.1) is 11.3 Å². The van der Waals surface area contributed by atoms with Crippen molar-refractivity contribution < 1.29 is 4.74 Å². The van der Waals surface area contributed by atoms with E-state index in [1.165, 1.54) is 10.1 Å². The van der Waals surface area contributed by atoms with Crippen LogP contribution in [0.2, 0.25) is 0 Å². The number of ether oxygens (including phenoxy) is 1. The second kappa shape index (κ2) is 4.09. The van der Waals surface area contributed by atoms with Crippen LogP contribution in [0.15, 0.2) is 34.6 Å². The fourth-order valence-electron chi connectivity index (χ4n) is 2.11. The minimum Gasteiger partial charge on any atom is -0.475 e. The Morgan fingerprint density at radius 1 is 1.28 bits per heavy atom. The number of fused-ring (bicyclic) bond motifs is 1. The number of nitrogens with zero attached hydrogens (tertiary/aromatic N) is 1. The highest BCUT2D eigenvalue weighted by molar-refractivity contribution is 7.17. The van der Waals surface area contributed by atoms with Gasteiger partial charge in [0.05, 0.1) is 11.6 Å². The van der Waals surface area contributed by atoms with Crippen LogP contribution in [0.1, 0.15) is 26.3 Å². The molecule has 3 rings (SSSR count). The van der Waals surface area contributed by atoms with Gasteiger partial charge in [-0.1, -0.05) is 39.0 Å². The third-order valence-electron chi connectivity index (χ3n) is 3.36. The van der Waals surface area contributed by atoms with Crippen molar-refractivity contribution in [2.75, 3.05) is 6.61 Å². The molecule has 1 aromatic heterocycles. The maximum Gasteiger partial charge on any atom is 0.218 e. The van der Waals surface area contributed by atoms with Crippen LogP contribution in [0.5, 0.6) is 0 Å². The zero-order valence-electron chi connectivity index (χ0n) is 10.9. The molecule has 1 aromatic carbocycles. The van der Waals surface area contributed by atoms with Crippen molar-refractivity contribution >= 4 is 27.3 Å². The zero-order valence-corrected chi connectivity index (χ0v) is 11.8. The number of thiophene rings is 1. The second-order valence-corrected chi connectivity index (χ2v) is 6.68. The predicted octanol–water partition coefficient (Wildman–Crippen LogP) is 4.09. The largest absolute Gasteiger partial charge is 0.475 e. The van der Waals surface area contributed by atoms with Crippen LogP contribution < -0.4 is 0 Å². The van der Waals surface area contributed by atoms with Crippen molar-refractivity contribution in [3.8, 4) is 0 Å². The first-order chi connectivity index (χ1) is 8.55. The van der Waals surface area contributed by atoms with E-state index in [-0.39, 0.29) is 11.5 Å². The topological polar surface area (TPSA) is 21.6 Å². The molecule has 0 fully saturated rings. The van der Waals surface area contributed by atoms with Crippen molar-refractivity contribution in [3.05, 3.63) is 35.2 Å². The maximum atomic E-state index is 5.80. The first-order valence-corrected chi connectivity index (χ1v) is 7.11. The van der Waals surface area contributed by atoms with Gasteiger partial charge in [0.2, 0.25) is 5.90 Å². The summed E-state index contributed by atoms with van der Waals surface area (Å²) in [5.74, 6) is 0.812. The van der Waals surface area contributed by atoms with E-state index in [0.717, 1.165) is 11.5 Å². The number of aliphatic imine (C=N–C) groups is 1. The number of hydrogen-bond donors (Lipinski definition) is 0. The highest BCUT2D eigenvalue weighted by Crippen LogP contribution is 2.31. The molecule has 0 unspecified atom stereocenters. The van der Waals surface area contributed by atoms with E-state index in [9.17, 15) is 0 Å². The summed E-state index contributed by atoms with van der Waals surface area (Å²) in [4.78, 5) is 4.75. The fourth-order valence-corrected chi connectivity index (χ4v) is 3.04. The van der Waals surface area contributed by atoms with Crippen molar-refractivity contribution in [2.24, 2.45) is 10.4 Å². The Morgan fingerprint density at radius 3 is 2.78 bits per heavy atom. The standard InChI is InChI=1S/C15H17NOS/c1-15(2,3)13-8-17-14(16-13)11-9-18-12-7-5-4-6-10(11)12/h4-7,9,13H,8H2,1-3H3/t13-/m1/s1. The summed E-state index contributed by atoms with van der Waals surface area (Å²) < 4.78 is 7.09. The van der Waals surface area contributed by atoms with Gasteiger partial charge >= 0.3 is 0 Å². The molecular formula is C15H17NOS. The summed E-state index contributed by atoms with van der Waals surface area (Å²) in [6, 6.07) is 8.66. The number of rotatable bonds is 1. The third-order valence-corrected chi connectivity index (χ3v) is 4.33. The summed E-state index contributed by atoms with van der Waals surface area (Å²) >= 11 is 1.75. The molecule has 0 aliphatic carbocycles. The van der Waals surface area contributed by atoms with E-state index in [4.69, 9.17) is 9.73 Å². The van der Waals surface area contributed by atoms with E-state index < -0.39 is 0 Å². The average molecular weight is 259 g/mol. The van der Waals surface area contributed by atoms with Gasteiger partial charge < -0.3 is 4.74 Å². The predicted molar refractivity (Wildman–Crippen MR) is 77.6 cm³/mol. The van der Waals surface area contributed by atoms with E-state index in [2.05, 4.69) is 50.4 Å². The lowest BCUT2D eigenvalue weighted by molar-refractivity contribution is 0.236. The summed E-state index contributed by atoms with van der Waals surface area (Å²) in [5, 5.41) is 3.39. The van der Waals surface area contributed by atoms with Gasteiger partial charge in [0.25, 0.3) is 0 Å². The summed E-state index contributed by atoms with van der Waals surface area (Å²) in [6.07, 6.45) is 0. The van der Waals surface area contributed by atoms with Crippen molar-refractivity contribution in [1.29, 1.82) is 0 Å². The van der Waals surface area contributed by atoms with Crippen LogP contribution in [0.4, 0.5) is 0 Å². The molecule has 2 heterocycles. The van der Waals surface area contributed by atoms with Crippen molar-refractivity contribution in [1.82, 2.24) is 0 Å². The van der Waals surface area contributed by atoms with Crippen LogP contribution in [0.3, 0.4) is 0 Å². The minimum absolute atomic E-state index is 0.160. The van der Waals surface area contributed by atoms with Crippen LogP contribution >= 0.6 is 11.3 Å². The quantitative estimate of drug-likeness (QED) is 0.755. The first-order valence-electron chi connectivity index (χ1n) is 6.23. The van der Waals surface area contributed by atoms with Gasteiger partial charge in [-0.25, -0.2) is 4.99 Å². The second-order valence-electron chi connectivity index (χ2n) is 5.77. The van der Waals surface area contributed by atoms with Crippen LogP contribution in [0.25, 0.3) is 10.1 Å². The lowest BCUT2D eigenvalue weighted by Gasteiger charge is -2.21. The third kappa shape index (κ3) is 1.93. The Hall–Kier alpha value is -1.35. The van der Waals surface area contributed by atoms with Crippen LogP contribution in [-0.4, -0.2) is 18.5 Å². The molecule has 2 nitrogen and oxygen atoms in total. The Morgan fingerprint density at radius 2 is 2.06 bits per heavy atom. The number of benzene rings is 1. The maximum absolute atomic E-state index is 5.80. The molecule has 2 aromatic rings. The smallest absolute Gasteiger partial charge is 0.218 e. The molecule has 18 heavy (non-hydrogen) atoms. The molecule has 0 N–H and O–H groups in total. The summed E-state index contributed by atoms with van der Waals surface area (Å²) in [5.41, 5.74) is 1.30. The molecule has 0 saturated carbocycles. The highest BCUT2D eigenvalue weighted by Gasteiger charge is 2.31. The van der Waals surface area contributed by atoms with Crippen molar-refractivity contribution in [2.45, 2.75) is 26.8 Å². The van der Waals surface area contributed by atoms with Gasteiger partial charge in [-0.3, -0.25) is 0 Å². The zero-order chi connectivity index (χ0) is 12.8. The molecule has 1 aliphatic heterocycles. The summed E-state index contributed by atoms with van der Waals surface area (Å²) in [6.45, 7) is 7.32. The Bertz CT molecular complexity index is 606. The van der Waals surface area contributed by atoms with Gasteiger partial charge in [0.15, 0.2) is 0 Å². The van der Waals surface area contributed by atoms with Gasteiger partial charge in [0, 0.05) is 15.5 Å². The molecule has 1 atom stereocenters. The van der Waals surface area contributed by atoms with E-state index >= 15 is 0 Å². The first kappa shape index (κ1) is 11.7. The fraction of sp³-hybridized carbons (Fsp3) is 0.400. The van der Waals surface area contributed by atoms with E-state index in [1.807, 2.05) is 0 Å². The Labute approximate surface area is 111 Å². The molecule has 94 valence electrons. The molecule has 0 saturated heterocycles. The SMILES string of the molecule is CC(C)(C)[C@H]1COC(c2csc3ccccc23)=N1. The molecule has 0 spiro atoms. The molecular weight excluding hydrogens is 242 g/mol. The summed E-state index contributed by atoms with van der Waals surface area (Å²) in [7, 11) is 0. The van der Waals surface area contributed by atoms with E-state index in [0.29, 0.717) is 6.61 Å². The average Bonchev–Trinajstić information content (AvgIpc) is 2.94. The Kier molecular flexibility index (Phi) is 2.67. The molecule has 0 bridgehead atoms. The van der Waals surface area contributed by atoms with Crippen molar-refractivity contribution in [3.63, 3.8) is 0 Å². The highest BCUT2D eigenvalue weighted by atomic mass is 32.1. The van der Waals surface area contributed by atoms with Gasteiger partial charge in [0.1, 0.15) is 6.61 Å². The molecule has 0 radical (unpaired) electrons. The Balaban J connectivity index is 2.01.